The maximum Gasteiger partial charge on any atom is 0.273 e. The SMILES string of the molecule is Nc1cc(NCc2ccccc2Cl)cc([N+](=O)[O-])c1. The van der Waals surface area contributed by atoms with E-state index < -0.39 is 4.92 Å². The first-order valence-electron chi connectivity index (χ1n) is 5.58. The predicted octanol–water partition coefficient (Wildman–Crippen LogP) is 3.44. The van der Waals surface area contributed by atoms with Crippen molar-refractivity contribution in [3.05, 3.63) is 63.2 Å². The van der Waals surface area contributed by atoms with Crippen molar-refractivity contribution in [1.82, 2.24) is 0 Å². The van der Waals surface area contributed by atoms with Gasteiger partial charge in [-0.25, -0.2) is 0 Å². The van der Waals surface area contributed by atoms with Crippen LogP contribution in [0.15, 0.2) is 42.5 Å². The molecule has 0 fully saturated rings. The minimum atomic E-state index is -0.475. The number of hydrogen-bond acceptors (Lipinski definition) is 4. The number of hydrogen-bond donors (Lipinski definition) is 2. The summed E-state index contributed by atoms with van der Waals surface area (Å²) < 4.78 is 0. The molecule has 0 aliphatic carbocycles. The van der Waals surface area contributed by atoms with Crippen molar-refractivity contribution in [2.45, 2.75) is 6.54 Å². The van der Waals surface area contributed by atoms with E-state index in [4.69, 9.17) is 17.3 Å². The first-order valence-corrected chi connectivity index (χ1v) is 5.96. The number of anilines is 2. The van der Waals surface area contributed by atoms with Gasteiger partial charge in [0.25, 0.3) is 5.69 Å². The summed E-state index contributed by atoms with van der Waals surface area (Å²) >= 11 is 6.03. The van der Waals surface area contributed by atoms with E-state index in [0.717, 1.165) is 5.56 Å². The highest BCUT2D eigenvalue weighted by atomic mass is 35.5. The summed E-state index contributed by atoms with van der Waals surface area (Å²) in [6, 6.07) is 11.8. The molecule has 98 valence electrons. The molecule has 0 bridgehead atoms. The first-order chi connectivity index (χ1) is 9.06. The van der Waals surface area contributed by atoms with Gasteiger partial charge in [-0.15, -0.1) is 0 Å². The van der Waals surface area contributed by atoms with Crippen molar-refractivity contribution in [3.8, 4) is 0 Å². The fraction of sp³-hybridized carbons (Fsp3) is 0.0769. The zero-order chi connectivity index (χ0) is 13.8. The molecule has 0 radical (unpaired) electrons. The van der Waals surface area contributed by atoms with E-state index in [0.29, 0.717) is 22.9 Å². The summed E-state index contributed by atoms with van der Waals surface area (Å²) in [6.45, 7) is 0.473. The Hall–Kier alpha value is -2.27. The number of halogens is 1. The van der Waals surface area contributed by atoms with Crippen LogP contribution in [0.2, 0.25) is 5.02 Å². The third-order valence-corrected chi connectivity index (χ3v) is 2.96. The second-order valence-corrected chi connectivity index (χ2v) is 4.42. The Morgan fingerprint density at radius 3 is 2.68 bits per heavy atom. The molecule has 0 atom stereocenters. The third-order valence-electron chi connectivity index (χ3n) is 2.59. The van der Waals surface area contributed by atoms with E-state index in [-0.39, 0.29) is 5.69 Å². The maximum absolute atomic E-state index is 10.7. The minimum absolute atomic E-state index is 0.0401. The molecule has 0 aliphatic heterocycles. The lowest BCUT2D eigenvalue weighted by Crippen LogP contribution is -2.01. The third kappa shape index (κ3) is 3.35. The summed E-state index contributed by atoms with van der Waals surface area (Å²) in [5, 5.41) is 14.5. The van der Waals surface area contributed by atoms with Gasteiger partial charge in [0.2, 0.25) is 0 Å². The van der Waals surface area contributed by atoms with Gasteiger partial charge in [-0.3, -0.25) is 10.1 Å². The number of nitrogens with one attached hydrogen (secondary N) is 1. The highest BCUT2D eigenvalue weighted by Crippen LogP contribution is 2.23. The topological polar surface area (TPSA) is 81.2 Å². The number of rotatable bonds is 4. The molecule has 2 aromatic carbocycles. The van der Waals surface area contributed by atoms with E-state index in [9.17, 15) is 10.1 Å². The van der Waals surface area contributed by atoms with E-state index >= 15 is 0 Å². The van der Waals surface area contributed by atoms with Crippen molar-refractivity contribution in [2.75, 3.05) is 11.1 Å². The number of non-ortho nitro benzene ring substituents is 1. The van der Waals surface area contributed by atoms with Crippen molar-refractivity contribution in [1.29, 1.82) is 0 Å². The summed E-state index contributed by atoms with van der Waals surface area (Å²) in [4.78, 5) is 10.3. The molecule has 0 unspecified atom stereocenters. The van der Waals surface area contributed by atoms with Crippen molar-refractivity contribution < 1.29 is 4.92 Å². The molecule has 19 heavy (non-hydrogen) atoms. The summed E-state index contributed by atoms with van der Waals surface area (Å²) in [5.41, 5.74) is 7.43. The summed E-state index contributed by atoms with van der Waals surface area (Å²) in [5.74, 6) is 0. The van der Waals surface area contributed by atoms with Crippen LogP contribution in [-0.4, -0.2) is 4.92 Å². The van der Waals surface area contributed by atoms with Gasteiger partial charge in [0.15, 0.2) is 0 Å². The largest absolute Gasteiger partial charge is 0.398 e. The van der Waals surface area contributed by atoms with Gasteiger partial charge in [-0.05, 0) is 17.7 Å². The molecule has 3 N–H and O–H groups in total. The standard InChI is InChI=1S/C13H12ClN3O2/c14-13-4-2-1-3-9(13)8-16-11-5-10(15)6-12(7-11)17(18)19/h1-7,16H,8,15H2. The van der Waals surface area contributed by atoms with Crippen LogP contribution in [-0.2, 0) is 6.54 Å². The van der Waals surface area contributed by atoms with Gasteiger partial charge in [0, 0.05) is 35.1 Å². The average molecular weight is 278 g/mol. The van der Waals surface area contributed by atoms with Crippen LogP contribution in [0, 0.1) is 10.1 Å². The Morgan fingerprint density at radius 2 is 2.00 bits per heavy atom. The lowest BCUT2D eigenvalue weighted by Gasteiger charge is -2.08. The van der Waals surface area contributed by atoms with Crippen LogP contribution in [0.4, 0.5) is 17.1 Å². The summed E-state index contributed by atoms with van der Waals surface area (Å²) in [6.07, 6.45) is 0. The quantitative estimate of drug-likeness (QED) is 0.509. The highest BCUT2D eigenvalue weighted by molar-refractivity contribution is 6.31. The van der Waals surface area contributed by atoms with E-state index in [1.165, 1.54) is 12.1 Å². The molecule has 0 aromatic heterocycles. The monoisotopic (exact) mass is 277 g/mol. The van der Waals surface area contributed by atoms with Crippen LogP contribution in [0.25, 0.3) is 0 Å². The number of nitro groups is 1. The number of nitro benzene ring substituents is 1. The molecule has 0 heterocycles. The predicted molar refractivity (Wildman–Crippen MR) is 76.3 cm³/mol. The Labute approximate surface area is 115 Å². The zero-order valence-corrected chi connectivity index (χ0v) is 10.7. The van der Waals surface area contributed by atoms with Crippen LogP contribution in [0.5, 0.6) is 0 Å². The van der Waals surface area contributed by atoms with Crippen LogP contribution in [0.1, 0.15) is 5.56 Å². The van der Waals surface area contributed by atoms with Crippen molar-refractivity contribution >= 4 is 28.7 Å². The Bertz CT molecular complexity index is 617. The molecule has 6 heteroatoms. The van der Waals surface area contributed by atoms with Gasteiger partial charge in [-0.1, -0.05) is 29.8 Å². The lowest BCUT2D eigenvalue weighted by atomic mass is 10.2. The molecule has 0 amide bonds. The van der Waals surface area contributed by atoms with E-state index in [1.807, 2.05) is 18.2 Å². The molecule has 0 spiro atoms. The molecule has 5 nitrogen and oxygen atoms in total. The van der Waals surface area contributed by atoms with Crippen LogP contribution in [0.3, 0.4) is 0 Å². The molecule has 2 rings (SSSR count). The fourth-order valence-corrected chi connectivity index (χ4v) is 1.88. The number of benzene rings is 2. The van der Waals surface area contributed by atoms with E-state index in [1.54, 1.807) is 12.1 Å². The van der Waals surface area contributed by atoms with Crippen LogP contribution < -0.4 is 11.1 Å². The summed E-state index contributed by atoms with van der Waals surface area (Å²) in [7, 11) is 0. The molecular weight excluding hydrogens is 266 g/mol. The van der Waals surface area contributed by atoms with Gasteiger partial charge in [-0.2, -0.15) is 0 Å². The Morgan fingerprint density at radius 1 is 1.26 bits per heavy atom. The first kappa shape index (κ1) is 13.2. The highest BCUT2D eigenvalue weighted by Gasteiger charge is 2.08. The fourth-order valence-electron chi connectivity index (χ4n) is 1.68. The Balaban J connectivity index is 2.16. The molecule has 0 saturated heterocycles. The van der Waals surface area contributed by atoms with E-state index in [2.05, 4.69) is 5.32 Å². The molecular formula is C13H12ClN3O2. The lowest BCUT2D eigenvalue weighted by molar-refractivity contribution is -0.384. The molecule has 0 saturated carbocycles. The number of nitrogens with two attached hydrogens (primary N) is 1. The zero-order valence-electron chi connectivity index (χ0n) is 9.97. The van der Waals surface area contributed by atoms with Gasteiger partial charge < -0.3 is 11.1 Å². The maximum atomic E-state index is 10.7. The number of nitrogen functional groups attached to an aromatic ring is 1. The molecule has 0 aliphatic rings. The van der Waals surface area contributed by atoms with Gasteiger partial charge in [0.05, 0.1) is 4.92 Å². The Kier molecular flexibility index (Phi) is 3.87. The van der Waals surface area contributed by atoms with Gasteiger partial charge >= 0.3 is 0 Å². The second kappa shape index (κ2) is 5.58. The van der Waals surface area contributed by atoms with Crippen molar-refractivity contribution in [2.24, 2.45) is 0 Å². The minimum Gasteiger partial charge on any atom is -0.398 e. The average Bonchev–Trinajstić information content (AvgIpc) is 2.37. The smallest absolute Gasteiger partial charge is 0.273 e. The normalized spacial score (nSPS) is 10.2. The van der Waals surface area contributed by atoms with Gasteiger partial charge in [0.1, 0.15) is 0 Å². The van der Waals surface area contributed by atoms with Crippen LogP contribution >= 0.6 is 11.6 Å². The van der Waals surface area contributed by atoms with Crippen molar-refractivity contribution in [3.63, 3.8) is 0 Å². The second-order valence-electron chi connectivity index (χ2n) is 4.02. The number of nitrogens with zero attached hydrogens (tertiary/aromatic N) is 1. The molecule has 2 aromatic rings.